The fourth-order valence-corrected chi connectivity index (χ4v) is 4.22. The van der Waals surface area contributed by atoms with E-state index in [4.69, 9.17) is 9.47 Å². The first-order valence-electron chi connectivity index (χ1n) is 10.4. The number of hydrogen-bond acceptors (Lipinski definition) is 5. The van der Waals surface area contributed by atoms with E-state index in [1.54, 1.807) is 6.92 Å². The lowest BCUT2D eigenvalue weighted by molar-refractivity contribution is -0.117. The van der Waals surface area contributed by atoms with Gasteiger partial charge in [0.25, 0.3) is 0 Å². The first-order chi connectivity index (χ1) is 13.9. The molecule has 158 valence electrons. The topological polar surface area (TPSA) is 83.7 Å². The number of hydrogen-bond donors (Lipinski definition) is 2. The molecule has 0 saturated carbocycles. The maximum atomic E-state index is 12.8. The van der Waals surface area contributed by atoms with Crippen LogP contribution in [0.4, 0.5) is 5.69 Å². The minimum atomic E-state index is -0.489. The van der Waals surface area contributed by atoms with E-state index in [0.717, 1.165) is 24.0 Å². The second-order valence-electron chi connectivity index (χ2n) is 7.92. The summed E-state index contributed by atoms with van der Waals surface area (Å²) in [5.74, 6) is 1.20. The smallest absolute Gasteiger partial charge is 0.356 e. The van der Waals surface area contributed by atoms with E-state index in [9.17, 15) is 9.59 Å². The lowest BCUT2D eigenvalue weighted by Gasteiger charge is -2.34. The van der Waals surface area contributed by atoms with Gasteiger partial charge in [0, 0.05) is 24.0 Å². The van der Waals surface area contributed by atoms with Crippen molar-refractivity contribution < 1.29 is 19.1 Å². The molecule has 1 amide bonds. The molecule has 2 N–H and O–H groups in total. The van der Waals surface area contributed by atoms with Crippen LogP contribution < -0.4 is 10.1 Å². The molecule has 0 bridgehead atoms. The summed E-state index contributed by atoms with van der Waals surface area (Å²) in [5.41, 5.74) is 1.44. The molecule has 7 nitrogen and oxygen atoms in total. The van der Waals surface area contributed by atoms with Crippen molar-refractivity contribution in [3.05, 3.63) is 23.9 Å². The van der Waals surface area contributed by atoms with Crippen LogP contribution in [0.25, 0.3) is 10.9 Å². The Morgan fingerprint density at radius 3 is 2.55 bits per heavy atom. The average Bonchev–Trinajstić information content (AvgIpc) is 2.99. The van der Waals surface area contributed by atoms with Crippen molar-refractivity contribution in [3.8, 4) is 5.75 Å². The van der Waals surface area contributed by atoms with Crippen LogP contribution >= 0.6 is 0 Å². The Kier molecular flexibility index (Phi) is 6.79. The molecule has 0 aliphatic carbocycles. The number of aromatic nitrogens is 1. The van der Waals surface area contributed by atoms with Gasteiger partial charge in [0.15, 0.2) is 0 Å². The second-order valence-corrected chi connectivity index (χ2v) is 7.92. The van der Waals surface area contributed by atoms with Crippen molar-refractivity contribution in [2.24, 2.45) is 11.8 Å². The maximum Gasteiger partial charge on any atom is 0.356 e. The number of piperidine rings is 1. The first kappa shape index (κ1) is 21.2. The molecule has 2 heterocycles. The Hall–Kier alpha value is -2.54. The molecule has 29 heavy (non-hydrogen) atoms. The number of fused-ring (bicyclic) bond motifs is 1. The van der Waals surface area contributed by atoms with E-state index in [-0.39, 0.29) is 18.2 Å². The second kappa shape index (κ2) is 9.31. The van der Waals surface area contributed by atoms with Gasteiger partial charge in [-0.2, -0.15) is 0 Å². The lowest BCUT2D eigenvalue weighted by atomic mass is 9.92. The van der Waals surface area contributed by atoms with Crippen molar-refractivity contribution in [2.75, 3.05) is 38.2 Å². The Morgan fingerprint density at radius 2 is 1.90 bits per heavy atom. The van der Waals surface area contributed by atoms with E-state index < -0.39 is 5.97 Å². The van der Waals surface area contributed by atoms with Crippen molar-refractivity contribution in [1.29, 1.82) is 0 Å². The molecule has 1 aromatic heterocycles. The summed E-state index contributed by atoms with van der Waals surface area (Å²) in [6.45, 7) is 11.0. The highest BCUT2D eigenvalue weighted by atomic mass is 16.5. The third-order valence-electron chi connectivity index (χ3n) is 5.14. The van der Waals surface area contributed by atoms with Gasteiger partial charge in [0.05, 0.1) is 25.4 Å². The molecule has 1 aliphatic rings. The molecule has 7 heteroatoms. The molecule has 2 atom stereocenters. The van der Waals surface area contributed by atoms with Crippen LogP contribution in [0.5, 0.6) is 5.75 Å². The predicted molar refractivity (Wildman–Crippen MR) is 113 cm³/mol. The summed E-state index contributed by atoms with van der Waals surface area (Å²) in [5, 5.41) is 3.68. The van der Waals surface area contributed by atoms with Gasteiger partial charge < -0.3 is 19.8 Å². The van der Waals surface area contributed by atoms with Gasteiger partial charge in [-0.15, -0.1) is 0 Å². The molecule has 1 saturated heterocycles. The number of carbonyl (C=O) groups excluding carboxylic acids is 2. The lowest BCUT2D eigenvalue weighted by Crippen LogP contribution is -2.42. The Labute approximate surface area is 171 Å². The van der Waals surface area contributed by atoms with E-state index in [2.05, 4.69) is 29.0 Å². The summed E-state index contributed by atoms with van der Waals surface area (Å²) >= 11 is 0. The first-order valence-corrected chi connectivity index (χ1v) is 10.4. The molecular formula is C22H31N3O4. The van der Waals surface area contributed by atoms with Crippen LogP contribution in [0, 0.1) is 11.8 Å². The molecule has 0 spiro atoms. The zero-order chi connectivity index (χ0) is 21.0. The SMILES string of the molecule is CCOC(=O)c1[nH]c2ccc(OCC)cc2c1NC(=O)CN1CC(C)CC(C)C1. The quantitative estimate of drug-likeness (QED) is 0.692. The van der Waals surface area contributed by atoms with Gasteiger partial charge >= 0.3 is 5.97 Å². The van der Waals surface area contributed by atoms with E-state index in [1.807, 2.05) is 25.1 Å². The Bertz CT molecular complexity index is 866. The molecule has 1 fully saturated rings. The molecular weight excluding hydrogens is 370 g/mol. The number of anilines is 1. The van der Waals surface area contributed by atoms with Crippen LogP contribution in [-0.4, -0.2) is 54.6 Å². The number of nitrogens with zero attached hydrogens (tertiary/aromatic N) is 1. The number of ether oxygens (including phenoxy) is 2. The maximum absolute atomic E-state index is 12.8. The number of amides is 1. The molecule has 1 aliphatic heterocycles. The third-order valence-corrected chi connectivity index (χ3v) is 5.14. The average molecular weight is 402 g/mol. The molecule has 0 radical (unpaired) electrons. The molecule has 1 aromatic carbocycles. The molecule has 2 aromatic rings. The van der Waals surface area contributed by atoms with Crippen LogP contribution in [0.1, 0.15) is 44.6 Å². The van der Waals surface area contributed by atoms with Crippen LogP contribution in [0.3, 0.4) is 0 Å². The van der Waals surface area contributed by atoms with E-state index >= 15 is 0 Å². The van der Waals surface area contributed by atoms with Gasteiger partial charge in [-0.05, 0) is 50.3 Å². The summed E-state index contributed by atoms with van der Waals surface area (Å²) in [7, 11) is 0. The molecule has 2 unspecified atom stereocenters. The zero-order valence-corrected chi connectivity index (χ0v) is 17.7. The highest BCUT2D eigenvalue weighted by molar-refractivity contribution is 6.11. The number of esters is 1. The van der Waals surface area contributed by atoms with Crippen molar-refractivity contribution >= 4 is 28.5 Å². The van der Waals surface area contributed by atoms with Gasteiger partial charge in [0.1, 0.15) is 11.4 Å². The number of aromatic amines is 1. The normalized spacial score (nSPS) is 19.9. The number of nitrogens with one attached hydrogen (secondary N) is 2. The third kappa shape index (κ3) is 5.09. The number of carbonyl (C=O) groups is 2. The highest BCUT2D eigenvalue weighted by Gasteiger charge is 2.25. The standard InChI is InChI=1S/C22H31N3O4/c1-5-28-16-7-8-18-17(10-16)20(21(23-18)22(27)29-6-2)24-19(26)13-25-11-14(3)9-15(4)12-25/h7-8,10,14-15,23H,5-6,9,11-13H2,1-4H3,(H,24,26). The fourth-order valence-electron chi connectivity index (χ4n) is 4.22. The Balaban J connectivity index is 1.86. The van der Waals surface area contributed by atoms with Gasteiger partial charge in [0.2, 0.25) is 5.91 Å². The van der Waals surface area contributed by atoms with E-state index in [1.165, 1.54) is 6.42 Å². The minimum absolute atomic E-state index is 0.139. The van der Waals surface area contributed by atoms with Gasteiger partial charge in [-0.25, -0.2) is 4.79 Å². The fraction of sp³-hybridized carbons (Fsp3) is 0.545. The number of rotatable bonds is 7. The monoisotopic (exact) mass is 401 g/mol. The van der Waals surface area contributed by atoms with Crippen LogP contribution in [0.15, 0.2) is 18.2 Å². The zero-order valence-electron chi connectivity index (χ0n) is 17.7. The number of H-pyrrole nitrogens is 1. The summed E-state index contributed by atoms with van der Waals surface area (Å²) in [6, 6.07) is 5.50. The summed E-state index contributed by atoms with van der Waals surface area (Å²) in [6.07, 6.45) is 1.19. The van der Waals surface area contributed by atoms with E-state index in [0.29, 0.717) is 36.4 Å². The summed E-state index contributed by atoms with van der Waals surface area (Å²) < 4.78 is 10.8. The highest BCUT2D eigenvalue weighted by Crippen LogP contribution is 2.32. The minimum Gasteiger partial charge on any atom is -0.494 e. The predicted octanol–water partition coefficient (Wildman–Crippen LogP) is 3.66. The number of benzene rings is 1. The van der Waals surface area contributed by atoms with Crippen molar-refractivity contribution in [3.63, 3.8) is 0 Å². The summed E-state index contributed by atoms with van der Waals surface area (Å²) in [4.78, 5) is 30.5. The van der Waals surface area contributed by atoms with Gasteiger partial charge in [-0.3, -0.25) is 9.69 Å². The van der Waals surface area contributed by atoms with Crippen LogP contribution in [0.2, 0.25) is 0 Å². The Morgan fingerprint density at radius 1 is 1.17 bits per heavy atom. The van der Waals surface area contributed by atoms with Gasteiger partial charge in [-0.1, -0.05) is 13.8 Å². The van der Waals surface area contributed by atoms with Crippen LogP contribution in [-0.2, 0) is 9.53 Å². The number of likely N-dealkylation sites (tertiary alicyclic amines) is 1. The molecule has 3 rings (SSSR count). The van der Waals surface area contributed by atoms with Crippen molar-refractivity contribution in [2.45, 2.75) is 34.1 Å². The largest absolute Gasteiger partial charge is 0.494 e. The van der Waals surface area contributed by atoms with Crippen molar-refractivity contribution in [1.82, 2.24) is 9.88 Å².